The van der Waals surface area contributed by atoms with Crippen molar-refractivity contribution in [3.05, 3.63) is 59.2 Å². The molecule has 3 nitrogen and oxygen atoms in total. The van der Waals surface area contributed by atoms with E-state index in [9.17, 15) is 9.18 Å². The van der Waals surface area contributed by atoms with Crippen LogP contribution in [0.15, 0.2) is 36.7 Å². The zero-order valence-corrected chi connectivity index (χ0v) is 10.8. The second-order valence-corrected chi connectivity index (χ2v) is 5.13. The van der Waals surface area contributed by atoms with Crippen molar-refractivity contribution in [3.8, 4) is 6.07 Å². The molecule has 20 heavy (non-hydrogen) atoms. The van der Waals surface area contributed by atoms with Crippen molar-refractivity contribution in [1.82, 2.24) is 4.57 Å². The lowest BCUT2D eigenvalue weighted by molar-refractivity contribution is 0.0967. The number of ketones is 1. The molecule has 1 fully saturated rings. The summed E-state index contributed by atoms with van der Waals surface area (Å²) >= 11 is 0. The molecule has 3 rings (SSSR count). The van der Waals surface area contributed by atoms with Crippen LogP contribution >= 0.6 is 0 Å². The van der Waals surface area contributed by atoms with Gasteiger partial charge in [-0.05, 0) is 31.0 Å². The normalized spacial score (nSPS) is 14.0. The first-order valence-electron chi connectivity index (χ1n) is 6.56. The molecule has 0 bridgehead atoms. The first kappa shape index (κ1) is 12.6. The van der Waals surface area contributed by atoms with Crippen LogP contribution < -0.4 is 0 Å². The van der Waals surface area contributed by atoms with Crippen LogP contribution in [0.25, 0.3) is 0 Å². The highest BCUT2D eigenvalue weighted by Crippen LogP contribution is 2.32. The fraction of sp³-hybridized carbons (Fsp3) is 0.250. The molecular formula is C16H13FN2O. The van der Waals surface area contributed by atoms with E-state index in [0.29, 0.717) is 23.2 Å². The van der Waals surface area contributed by atoms with Gasteiger partial charge in [-0.1, -0.05) is 6.07 Å². The molecule has 0 atom stereocenters. The van der Waals surface area contributed by atoms with Gasteiger partial charge in [0.05, 0.1) is 11.6 Å². The van der Waals surface area contributed by atoms with Gasteiger partial charge < -0.3 is 4.57 Å². The SMILES string of the molecule is N#Cc1ccc(Cn2ccc(C(=O)C3CC3)c2)c(F)c1. The molecule has 0 aliphatic heterocycles. The minimum absolute atomic E-state index is 0.184. The lowest BCUT2D eigenvalue weighted by atomic mass is 10.1. The Labute approximate surface area is 116 Å². The highest BCUT2D eigenvalue weighted by molar-refractivity contribution is 5.99. The fourth-order valence-electron chi connectivity index (χ4n) is 2.21. The summed E-state index contributed by atoms with van der Waals surface area (Å²) in [6.45, 7) is 0.357. The van der Waals surface area contributed by atoms with Crippen molar-refractivity contribution in [2.45, 2.75) is 19.4 Å². The third kappa shape index (κ3) is 2.48. The number of benzene rings is 1. The summed E-state index contributed by atoms with van der Waals surface area (Å²) in [6.07, 6.45) is 5.51. The summed E-state index contributed by atoms with van der Waals surface area (Å²) in [5, 5.41) is 8.71. The molecule has 0 radical (unpaired) electrons. The topological polar surface area (TPSA) is 45.8 Å². The number of carbonyl (C=O) groups excluding carboxylic acids is 1. The third-order valence-corrected chi connectivity index (χ3v) is 3.52. The minimum atomic E-state index is -0.396. The van der Waals surface area contributed by atoms with Gasteiger partial charge in [0, 0.05) is 36.0 Å². The minimum Gasteiger partial charge on any atom is -0.349 e. The molecule has 1 aliphatic rings. The highest BCUT2D eigenvalue weighted by atomic mass is 19.1. The number of rotatable bonds is 4. The Balaban J connectivity index is 1.78. The van der Waals surface area contributed by atoms with E-state index in [1.165, 1.54) is 6.07 Å². The van der Waals surface area contributed by atoms with Crippen LogP contribution in [-0.4, -0.2) is 10.4 Å². The molecule has 0 saturated heterocycles. The van der Waals surface area contributed by atoms with Crippen molar-refractivity contribution in [2.24, 2.45) is 5.92 Å². The lowest BCUT2D eigenvalue weighted by Crippen LogP contribution is -2.02. The third-order valence-electron chi connectivity index (χ3n) is 3.52. The number of hydrogen-bond donors (Lipinski definition) is 0. The highest BCUT2D eigenvalue weighted by Gasteiger charge is 2.30. The van der Waals surface area contributed by atoms with Crippen LogP contribution in [0.2, 0.25) is 0 Å². The van der Waals surface area contributed by atoms with Crippen LogP contribution in [-0.2, 0) is 6.54 Å². The lowest BCUT2D eigenvalue weighted by Gasteiger charge is -2.05. The smallest absolute Gasteiger partial charge is 0.167 e. The fourth-order valence-corrected chi connectivity index (χ4v) is 2.21. The van der Waals surface area contributed by atoms with Gasteiger partial charge in [-0.3, -0.25) is 4.79 Å². The molecule has 0 amide bonds. The van der Waals surface area contributed by atoms with Gasteiger partial charge in [-0.25, -0.2) is 4.39 Å². The van der Waals surface area contributed by atoms with E-state index >= 15 is 0 Å². The standard InChI is InChI=1S/C16H13FN2O/c17-15-7-11(8-18)1-2-13(15)9-19-6-5-14(10-19)16(20)12-3-4-12/h1-2,5-7,10,12H,3-4,9H2. The summed E-state index contributed by atoms with van der Waals surface area (Å²) in [6, 6.07) is 8.12. The van der Waals surface area contributed by atoms with E-state index < -0.39 is 5.82 Å². The van der Waals surface area contributed by atoms with E-state index in [1.807, 2.05) is 6.07 Å². The second kappa shape index (κ2) is 4.93. The average molecular weight is 268 g/mol. The Hall–Kier alpha value is -2.41. The van der Waals surface area contributed by atoms with Gasteiger partial charge in [-0.15, -0.1) is 0 Å². The van der Waals surface area contributed by atoms with E-state index in [-0.39, 0.29) is 11.7 Å². The van der Waals surface area contributed by atoms with Crippen molar-refractivity contribution in [2.75, 3.05) is 0 Å². The van der Waals surface area contributed by atoms with E-state index in [2.05, 4.69) is 0 Å². The van der Waals surface area contributed by atoms with Crippen molar-refractivity contribution >= 4 is 5.78 Å². The van der Waals surface area contributed by atoms with Gasteiger partial charge in [0.25, 0.3) is 0 Å². The van der Waals surface area contributed by atoms with E-state index in [4.69, 9.17) is 5.26 Å². The Morgan fingerprint density at radius 2 is 2.20 bits per heavy atom. The van der Waals surface area contributed by atoms with Gasteiger partial charge in [0.2, 0.25) is 0 Å². The molecule has 100 valence electrons. The quantitative estimate of drug-likeness (QED) is 0.800. The first-order valence-corrected chi connectivity index (χ1v) is 6.56. The van der Waals surface area contributed by atoms with Gasteiger partial charge in [0.15, 0.2) is 5.78 Å². The molecule has 0 unspecified atom stereocenters. The Morgan fingerprint density at radius 3 is 2.85 bits per heavy atom. The molecule has 0 spiro atoms. The van der Waals surface area contributed by atoms with Crippen LogP contribution in [0.1, 0.15) is 34.3 Å². The predicted octanol–water partition coefficient (Wildman–Crippen LogP) is 3.14. The summed E-state index contributed by atoms with van der Waals surface area (Å²) < 4.78 is 15.6. The van der Waals surface area contributed by atoms with Crippen LogP contribution in [0.3, 0.4) is 0 Å². The summed E-state index contributed by atoms with van der Waals surface area (Å²) in [7, 11) is 0. The number of aromatic nitrogens is 1. The monoisotopic (exact) mass is 268 g/mol. The Kier molecular flexibility index (Phi) is 3.11. The molecule has 1 heterocycles. The Bertz CT molecular complexity index is 708. The maximum Gasteiger partial charge on any atom is 0.167 e. The average Bonchev–Trinajstić information content (AvgIpc) is 3.20. The van der Waals surface area contributed by atoms with Crippen LogP contribution in [0.4, 0.5) is 4.39 Å². The zero-order valence-electron chi connectivity index (χ0n) is 10.8. The number of carbonyl (C=O) groups is 1. The van der Waals surface area contributed by atoms with Crippen molar-refractivity contribution < 1.29 is 9.18 Å². The number of nitrogens with zero attached hydrogens (tertiary/aromatic N) is 2. The van der Waals surface area contributed by atoms with Crippen LogP contribution in [0, 0.1) is 23.1 Å². The number of Topliss-reactive ketones (excluding diaryl/α,β-unsaturated/α-hetero) is 1. The molecule has 1 aromatic carbocycles. The first-order chi connectivity index (χ1) is 9.67. The summed E-state index contributed by atoms with van der Waals surface area (Å²) in [5.74, 6) is -0.0191. The van der Waals surface area contributed by atoms with Gasteiger partial charge >= 0.3 is 0 Å². The maximum absolute atomic E-state index is 13.8. The van der Waals surface area contributed by atoms with Crippen molar-refractivity contribution in [3.63, 3.8) is 0 Å². The molecule has 4 heteroatoms. The van der Waals surface area contributed by atoms with E-state index in [1.54, 1.807) is 35.2 Å². The molecule has 2 aromatic rings. The predicted molar refractivity (Wildman–Crippen MR) is 71.7 cm³/mol. The van der Waals surface area contributed by atoms with Crippen LogP contribution in [0.5, 0.6) is 0 Å². The zero-order chi connectivity index (χ0) is 14.1. The number of nitriles is 1. The molecule has 1 aromatic heterocycles. The number of halogens is 1. The summed E-state index contributed by atoms with van der Waals surface area (Å²) in [4.78, 5) is 11.9. The Morgan fingerprint density at radius 1 is 1.40 bits per heavy atom. The molecule has 1 aliphatic carbocycles. The van der Waals surface area contributed by atoms with E-state index in [0.717, 1.165) is 12.8 Å². The van der Waals surface area contributed by atoms with Gasteiger partial charge in [-0.2, -0.15) is 5.26 Å². The maximum atomic E-state index is 13.8. The number of hydrogen-bond acceptors (Lipinski definition) is 2. The molecular weight excluding hydrogens is 255 g/mol. The second-order valence-electron chi connectivity index (χ2n) is 5.13. The van der Waals surface area contributed by atoms with Crippen molar-refractivity contribution in [1.29, 1.82) is 5.26 Å². The molecule has 1 saturated carbocycles. The van der Waals surface area contributed by atoms with Gasteiger partial charge in [0.1, 0.15) is 5.82 Å². The summed E-state index contributed by atoms with van der Waals surface area (Å²) in [5.41, 5.74) is 1.51. The molecule has 0 N–H and O–H groups in total. The largest absolute Gasteiger partial charge is 0.349 e.